The summed E-state index contributed by atoms with van der Waals surface area (Å²) in [6, 6.07) is 15.3. The highest BCUT2D eigenvalue weighted by Crippen LogP contribution is 2.24. The Kier molecular flexibility index (Phi) is 8.78. The van der Waals surface area contributed by atoms with Gasteiger partial charge in [0.05, 0.1) is 11.5 Å². The molecule has 0 saturated heterocycles. The van der Waals surface area contributed by atoms with E-state index in [0.717, 1.165) is 5.56 Å². The number of benzene rings is 2. The summed E-state index contributed by atoms with van der Waals surface area (Å²) < 4.78 is 50.7. The molecule has 0 amide bonds. The summed E-state index contributed by atoms with van der Waals surface area (Å²) in [6.45, 7) is 0.345. The number of ether oxygens (including phenoxy) is 1. The molecule has 1 atom stereocenters. The molecule has 0 fully saturated rings. The molecule has 1 unspecified atom stereocenters. The van der Waals surface area contributed by atoms with E-state index in [1.165, 1.54) is 24.3 Å². The van der Waals surface area contributed by atoms with Gasteiger partial charge in [-0.25, -0.2) is 4.18 Å². The molecule has 0 spiro atoms. The lowest BCUT2D eigenvalue weighted by atomic mass is 10.2. The summed E-state index contributed by atoms with van der Waals surface area (Å²) in [7, 11) is -6.35. The minimum atomic E-state index is -3.96. The van der Waals surface area contributed by atoms with E-state index in [9.17, 15) is 13.0 Å². The fraction of sp³-hybridized carbons (Fsp3) is 0.294. The van der Waals surface area contributed by atoms with Crippen LogP contribution in [0.2, 0.25) is 5.02 Å². The lowest BCUT2D eigenvalue weighted by Crippen LogP contribution is -2.08. The Balaban J connectivity index is 1.60. The second kappa shape index (κ2) is 10.8. The largest absolute Gasteiger partial charge is 0.377 e. The van der Waals surface area contributed by atoms with Crippen LogP contribution in [0.15, 0.2) is 59.5 Å². The standard InChI is InChI=1S/C17H20ClO6PS/c18-16-7-9-17(10-8-16)26(20,21)24-14-23-25(19)12-4-11-22-13-15-5-2-1-3-6-15/h1-3,5-10,25H,4,11-14H2. The Labute approximate surface area is 159 Å². The molecule has 2 rings (SSSR count). The maximum atomic E-state index is 11.9. The molecular formula is C17H20ClO6PS. The van der Waals surface area contributed by atoms with Gasteiger partial charge in [0.1, 0.15) is 0 Å². The highest BCUT2D eigenvalue weighted by atomic mass is 35.5. The van der Waals surface area contributed by atoms with Crippen molar-refractivity contribution in [3.8, 4) is 0 Å². The van der Waals surface area contributed by atoms with Gasteiger partial charge < -0.3 is 9.26 Å². The number of hydrogen-bond donors (Lipinski definition) is 0. The minimum absolute atomic E-state index is 0.0421. The monoisotopic (exact) mass is 418 g/mol. The Hall–Kier alpha value is -1.21. The molecule has 0 saturated carbocycles. The van der Waals surface area contributed by atoms with Crippen molar-refractivity contribution in [3.63, 3.8) is 0 Å². The zero-order valence-electron chi connectivity index (χ0n) is 14.0. The molecule has 0 aliphatic rings. The van der Waals surface area contributed by atoms with Gasteiger partial charge in [0.15, 0.2) is 14.8 Å². The third-order valence-corrected chi connectivity index (χ3v) is 6.02. The van der Waals surface area contributed by atoms with Crippen molar-refractivity contribution in [2.24, 2.45) is 0 Å². The SMILES string of the molecule is O=[PH](CCCOCc1ccccc1)OCOS(=O)(=O)c1ccc(Cl)cc1. The molecule has 0 aliphatic carbocycles. The quantitative estimate of drug-likeness (QED) is 0.236. The van der Waals surface area contributed by atoms with Crippen molar-refractivity contribution in [1.29, 1.82) is 0 Å². The average Bonchev–Trinajstić information content (AvgIpc) is 2.62. The summed E-state index contributed by atoms with van der Waals surface area (Å²) >= 11 is 5.71. The van der Waals surface area contributed by atoms with Crippen molar-refractivity contribution in [2.45, 2.75) is 17.9 Å². The predicted octanol–water partition coefficient (Wildman–Crippen LogP) is 4.10. The molecule has 2 aromatic rings. The van der Waals surface area contributed by atoms with Gasteiger partial charge in [0.2, 0.25) is 0 Å². The molecule has 0 aromatic heterocycles. The highest BCUT2D eigenvalue weighted by molar-refractivity contribution is 7.86. The summed E-state index contributed by atoms with van der Waals surface area (Å²) in [6.07, 6.45) is 0.846. The van der Waals surface area contributed by atoms with E-state index in [-0.39, 0.29) is 4.90 Å². The van der Waals surface area contributed by atoms with Gasteiger partial charge in [-0.3, -0.25) is 4.57 Å². The van der Waals surface area contributed by atoms with E-state index in [4.69, 9.17) is 25.0 Å². The zero-order valence-corrected chi connectivity index (χ0v) is 16.5. The number of rotatable bonds is 11. The van der Waals surface area contributed by atoms with Crippen LogP contribution < -0.4 is 0 Å². The van der Waals surface area contributed by atoms with Crippen LogP contribution in [0.5, 0.6) is 0 Å². The summed E-state index contributed by atoms with van der Waals surface area (Å²) in [5.74, 6) is 0. The van der Waals surface area contributed by atoms with E-state index in [1.807, 2.05) is 30.3 Å². The van der Waals surface area contributed by atoms with E-state index >= 15 is 0 Å². The molecule has 0 radical (unpaired) electrons. The Bertz CT molecular complexity index is 796. The fourth-order valence-electron chi connectivity index (χ4n) is 1.98. The summed E-state index contributed by atoms with van der Waals surface area (Å²) in [5, 5.41) is 0.416. The van der Waals surface area contributed by atoms with Crippen LogP contribution >= 0.6 is 19.6 Å². The number of hydrogen-bond acceptors (Lipinski definition) is 6. The van der Waals surface area contributed by atoms with Gasteiger partial charge in [0, 0.05) is 17.8 Å². The average molecular weight is 419 g/mol. The van der Waals surface area contributed by atoms with Crippen molar-refractivity contribution in [3.05, 3.63) is 65.2 Å². The smallest absolute Gasteiger partial charge is 0.299 e. The van der Waals surface area contributed by atoms with E-state index in [0.29, 0.717) is 30.8 Å². The topological polar surface area (TPSA) is 78.9 Å². The molecule has 2 aromatic carbocycles. The second-order valence-corrected chi connectivity index (χ2v) is 8.89. The van der Waals surface area contributed by atoms with Crippen LogP contribution in [0.4, 0.5) is 0 Å². The van der Waals surface area contributed by atoms with Crippen LogP contribution in [0.25, 0.3) is 0 Å². The molecular weight excluding hydrogens is 399 g/mol. The van der Waals surface area contributed by atoms with Crippen molar-refractivity contribution in [1.82, 2.24) is 0 Å². The molecule has 6 nitrogen and oxygen atoms in total. The molecule has 142 valence electrons. The molecule has 26 heavy (non-hydrogen) atoms. The van der Waals surface area contributed by atoms with E-state index in [2.05, 4.69) is 0 Å². The fourth-order valence-corrected chi connectivity index (χ4v) is 3.74. The predicted molar refractivity (Wildman–Crippen MR) is 100 cm³/mol. The number of halogens is 1. The van der Waals surface area contributed by atoms with Gasteiger partial charge in [-0.2, -0.15) is 8.42 Å². The normalized spacial score (nSPS) is 12.8. The first-order valence-corrected chi connectivity index (χ1v) is 11.2. The van der Waals surface area contributed by atoms with E-state index in [1.54, 1.807) is 0 Å². The first-order valence-electron chi connectivity index (χ1n) is 7.90. The summed E-state index contributed by atoms with van der Waals surface area (Å²) in [5.41, 5.74) is 1.07. The third kappa shape index (κ3) is 7.58. The van der Waals surface area contributed by atoms with Gasteiger partial charge in [0.25, 0.3) is 10.1 Å². The van der Waals surface area contributed by atoms with Crippen LogP contribution in [0.1, 0.15) is 12.0 Å². The van der Waals surface area contributed by atoms with Crippen molar-refractivity contribution < 1.29 is 26.4 Å². The molecule has 0 aliphatic heterocycles. The minimum Gasteiger partial charge on any atom is -0.377 e. The second-order valence-electron chi connectivity index (χ2n) is 5.30. The molecule has 9 heteroatoms. The van der Waals surface area contributed by atoms with Gasteiger partial charge in [-0.05, 0) is 36.2 Å². The zero-order chi connectivity index (χ0) is 18.8. The Morgan fingerprint density at radius 1 is 1.00 bits per heavy atom. The van der Waals surface area contributed by atoms with Gasteiger partial charge >= 0.3 is 0 Å². The first-order chi connectivity index (χ1) is 12.5. The van der Waals surface area contributed by atoms with Crippen LogP contribution in [-0.2, 0) is 34.7 Å². The maximum absolute atomic E-state index is 11.9. The van der Waals surface area contributed by atoms with E-state index < -0.39 is 24.9 Å². The van der Waals surface area contributed by atoms with Gasteiger partial charge in [-0.15, -0.1) is 0 Å². The lowest BCUT2D eigenvalue weighted by Gasteiger charge is -2.07. The van der Waals surface area contributed by atoms with Crippen LogP contribution in [0.3, 0.4) is 0 Å². The lowest BCUT2D eigenvalue weighted by molar-refractivity contribution is 0.118. The Morgan fingerprint density at radius 2 is 1.69 bits per heavy atom. The first kappa shape index (κ1) is 21.1. The van der Waals surface area contributed by atoms with Crippen molar-refractivity contribution >= 4 is 29.7 Å². The Morgan fingerprint density at radius 3 is 2.38 bits per heavy atom. The van der Waals surface area contributed by atoms with Gasteiger partial charge in [-0.1, -0.05) is 41.9 Å². The van der Waals surface area contributed by atoms with Crippen molar-refractivity contribution in [2.75, 3.05) is 19.6 Å². The van der Waals surface area contributed by atoms with Crippen LogP contribution in [0, 0.1) is 0 Å². The molecule has 0 N–H and O–H groups in total. The molecule has 0 bridgehead atoms. The maximum Gasteiger partial charge on any atom is 0.299 e. The van der Waals surface area contributed by atoms with Crippen LogP contribution in [-0.4, -0.2) is 28.0 Å². The molecule has 0 heterocycles. The third-order valence-electron chi connectivity index (χ3n) is 3.31. The summed E-state index contributed by atoms with van der Waals surface area (Å²) in [4.78, 5) is -0.0421. The highest BCUT2D eigenvalue weighted by Gasteiger charge is 2.15.